The molecular weight excluding hydrogens is 280 g/mol. The zero-order valence-corrected chi connectivity index (χ0v) is 13.7. The summed E-state index contributed by atoms with van der Waals surface area (Å²) < 4.78 is 11.1. The van der Waals surface area contributed by atoms with Crippen LogP contribution >= 0.6 is 0 Å². The van der Waals surface area contributed by atoms with E-state index in [0.717, 1.165) is 12.8 Å². The van der Waals surface area contributed by atoms with E-state index in [9.17, 15) is 9.90 Å². The second-order valence-electron chi connectivity index (χ2n) is 5.82. The molecule has 0 aliphatic heterocycles. The summed E-state index contributed by atoms with van der Waals surface area (Å²) in [6.45, 7) is 5.84. The summed E-state index contributed by atoms with van der Waals surface area (Å²) in [5, 5.41) is 11.0. The van der Waals surface area contributed by atoms with Crippen molar-refractivity contribution in [1.82, 2.24) is 0 Å². The average Bonchev–Trinajstić information content (AvgIpc) is 2.53. The highest BCUT2D eigenvalue weighted by Crippen LogP contribution is 2.48. The lowest BCUT2D eigenvalue weighted by atomic mass is 9.71. The van der Waals surface area contributed by atoms with E-state index in [0.29, 0.717) is 29.1 Å². The molecule has 4 heteroatoms. The number of hydrogen-bond donors (Lipinski definition) is 1. The van der Waals surface area contributed by atoms with Gasteiger partial charge in [0.25, 0.3) is 0 Å². The van der Waals surface area contributed by atoms with Crippen molar-refractivity contribution < 1.29 is 19.4 Å². The summed E-state index contributed by atoms with van der Waals surface area (Å²) in [4.78, 5) is 12.6. The molecule has 22 heavy (non-hydrogen) atoms. The molecule has 4 nitrogen and oxygen atoms in total. The molecular formula is C18H24O4. The van der Waals surface area contributed by atoms with E-state index >= 15 is 0 Å². The predicted octanol–water partition coefficient (Wildman–Crippen LogP) is 3.33. The molecule has 0 aromatic heterocycles. The van der Waals surface area contributed by atoms with Crippen molar-refractivity contribution in [1.29, 1.82) is 0 Å². The van der Waals surface area contributed by atoms with E-state index in [-0.39, 0.29) is 11.9 Å². The highest BCUT2D eigenvalue weighted by atomic mass is 16.5. The largest absolute Gasteiger partial charge is 0.496 e. The first-order valence-corrected chi connectivity index (χ1v) is 7.77. The van der Waals surface area contributed by atoms with Gasteiger partial charge in [0.1, 0.15) is 11.5 Å². The molecule has 1 aromatic rings. The van der Waals surface area contributed by atoms with E-state index in [1.165, 1.54) is 7.11 Å². The SMILES string of the molecule is CCCCC1=C(OC(C)C)C(O)(c2ccccc2OC)C1=O. The number of carbonyl (C=O) groups is 1. The minimum absolute atomic E-state index is 0.110. The summed E-state index contributed by atoms with van der Waals surface area (Å²) in [6.07, 6.45) is 2.41. The van der Waals surface area contributed by atoms with Gasteiger partial charge in [0, 0.05) is 11.1 Å². The molecule has 120 valence electrons. The highest BCUT2D eigenvalue weighted by Gasteiger charge is 2.56. The Morgan fingerprint density at radius 1 is 1.27 bits per heavy atom. The van der Waals surface area contributed by atoms with Crippen molar-refractivity contribution in [3.8, 4) is 5.75 Å². The lowest BCUT2D eigenvalue weighted by Crippen LogP contribution is -2.50. The molecule has 1 unspecified atom stereocenters. The van der Waals surface area contributed by atoms with Crippen molar-refractivity contribution in [2.24, 2.45) is 0 Å². The van der Waals surface area contributed by atoms with Gasteiger partial charge in [-0.05, 0) is 32.8 Å². The van der Waals surface area contributed by atoms with Crippen molar-refractivity contribution >= 4 is 5.78 Å². The van der Waals surface area contributed by atoms with Crippen LogP contribution in [0.3, 0.4) is 0 Å². The van der Waals surface area contributed by atoms with E-state index in [4.69, 9.17) is 9.47 Å². The lowest BCUT2D eigenvalue weighted by Gasteiger charge is -2.41. The van der Waals surface area contributed by atoms with Crippen LogP contribution in [-0.2, 0) is 15.1 Å². The minimum Gasteiger partial charge on any atom is -0.496 e. The topological polar surface area (TPSA) is 55.8 Å². The van der Waals surface area contributed by atoms with E-state index in [2.05, 4.69) is 6.92 Å². The number of Topliss-reactive ketones (excluding diaryl/α,β-unsaturated/α-hetero) is 1. The fourth-order valence-electron chi connectivity index (χ4n) is 2.74. The van der Waals surface area contributed by atoms with Gasteiger partial charge in [-0.2, -0.15) is 0 Å². The number of benzene rings is 1. The van der Waals surface area contributed by atoms with E-state index in [1.807, 2.05) is 13.8 Å². The molecule has 2 rings (SSSR count). The van der Waals surface area contributed by atoms with Crippen LogP contribution in [0.2, 0.25) is 0 Å². The zero-order chi connectivity index (χ0) is 16.3. The first kappa shape index (κ1) is 16.6. The Hall–Kier alpha value is -1.81. The zero-order valence-electron chi connectivity index (χ0n) is 13.7. The van der Waals surface area contributed by atoms with Crippen molar-refractivity contribution in [3.63, 3.8) is 0 Å². The first-order chi connectivity index (χ1) is 10.5. The standard InChI is InChI=1S/C18H24O4/c1-5-6-9-13-16(19)18(20,17(13)22-12(2)3)14-10-7-8-11-15(14)21-4/h7-8,10-12,20H,5-6,9H2,1-4H3. The van der Waals surface area contributed by atoms with E-state index < -0.39 is 5.60 Å². The maximum atomic E-state index is 12.6. The molecule has 1 aliphatic rings. The van der Waals surface area contributed by atoms with Crippen LogP contribution in [0.25, 0.3) is 0 Å². The average molecular weight is 304 g/mol. The Balaban J connectivity index is 2.48. The molecule has 1 aromatic carbocycles. The molecule has 0 spiro atoms. The Bertz CT molecular complexity index is 589. The number of methoxy groups -OCH3 is 1. The monoisotopic (exact) mass is 304 g/mol. The third-order valence-corrected chi connectivity index (χ3v) is 3.84. The minimum atomic E-state index is -1.72. The van der Waals surface area contributed by atoms with Crippen LogP contribution in [0, 0.1) is 0 Å². The number of carbonyl (C=O) groups excluding carboxylic acids is 1. The van der Waals surface area contributed by atoms with Gasteiger partial charge in [0.05, 0.1) is 13.2 Å². The Labute approximate surface area is 131 Å². The van der Waals surface area contributed by atoms with Crippen LogP contribution in [0.1, 0.15) is 45.6 Å². The summed E-state index contributed by atoms with van der Waals surface area (Å²) in [5.74, 6) is 0.587. The maximum Gasteiger partial charge on any atom is 0.214 e. The van der Waals surface area contributed by atoms with Crippen molar-refractivity contribution in [3.05, 3.63) is 41.2 Å². The summed E-state index contributed by atoms with van der Waals surface area (Å²) in [7, 11) is 1.52. The fraction of sp³-hybridized carbons (Fsp3) is 0.500. The van der Waals surface area contributed by atoms with Crippen LogP contribution in [-0.4, -0.2) is 24.1 Å². The van der Waals surface area contributed by atoms with Crippen molar-refractivity contribution in [2.45, 2.75) is 51.7 Å². The molecule has 0 heterocycles. The number of ether oxygens (including phenoxy) is 2. The molecule has 1 atom stereocenters. The number of unbranched alkanes of at least 4 members (excludes halogenated alkanes) is 1. The third-order valence-electron chi connectivity index (χ3n) is 3.84. The molecule has 0 saturated carbocycles. The van der Waals surface area contributed by atoms with Crippen LogP contribution < -0.4 is 4.74 Å². The molecule has 1 N–H and O–H groups in total. The Kier molecular flexibility index (Phi) is 4.91. The fourth-order valence-corrected chi connectivity index (χ4v) is 2.74. The van der Waals surface area contributed by atoms with Gasteiger partial charge < -0.3 is 14.6 Å². The summed E-state index contributed by atoms with van der Waals surface area (Å²) in [6, 6.07) is 7.02. The smallest absolute Gasteiger partial charge is 0.214 e. The number of aliphatic hydroxyl groups is 1. The molecule has 0 radical (unpaired) electrons. The molecule has 0 amide bonds. The summed E-state index contributed by atoms with van der Waals surface area (Å²) >= 11 is 0. The first-order valence-electron chi connectivity index (χ1n) is 7.77. The Morgan fingerprint density at radius 2 is 1.95 bits per heavy atom. The second-order valence-corrected chi connectivity index (χ2v) is 5.82. The third kappa shape index (κ3) is 2.63. The number of para-hydroxylation sites is 1. The van der Waals surface area contributed by atoms with Gasteiger partial charge in [-0.15, -0.1) is 0 Å². The maximum absolute atomic E-state index is 12.6. The van der Waals surface area contributed by atoms with Gasteiger partial charge in [-0.3, -0.25) is 4.79 Å². The number of hydrogen-bond acceptors (Lipinski definition) is 4. The van der Waals surface area contributed by atoms with Gasteiger partial charge in [-0.25, -0.2) is 0 Å². The lowest BCUT2D eigenvalue weighted by molar-refractivity contribution is -0.143. The Morgan fingerprint density at radius 3 is 2.55 bits per heavy atom. The second kappa shape index (κ2) is 6.53. The number of rotatable bonds is 7. The van der Waals surface area contributed by atoms with Gasteiger partial charge >= 0.3 is 0 Å². The molecule has 0 fully saturated rings. The highest BCUT2D eigenvalue weighted by molar-refractivity contribution is 6.12. The normalized spacial score (nSPS) is 21.1. The quantitative estimate of drug-likeness (QED) is 0.839. The predicted molar refractivity (Wildman–Crippen MR) is 84.7 cm³/mol. The number of ketones is 1. The van der Waals surface area contributed by atoms with Crippen LogP contribution in [0.5, 0.6) is 5.75 Å². The van der Waals surface area contributed by atoms with Gasteiger partial charge in [-0.1, -0.05) is 31.5 Å². The molecule has 1 aliphatic carbocycles. The van der Waals surface area contributed by atoms with E-state index in [1.54, 1.807) is 24.3 Å². The van der Waals surface area contributed by atoms with Crippen molar-refractivity contribution in [2.75, 3.05) is 7.11 Å². The van der Waals surface area contributed by atoms with Gasteiger partial charge in [0.2, 0.25) is 11.4 Å². The van der Waals surface area contributed by atoms with Gasteiger partial charge in [0.15, 0.2) is 0 Å². The molecule has 0 saturated heterocycles. The van der Waals surface area contributed by atoms with Crippen LogP contribution in [0.15, 0.2) is 35.6 Å². The molecule has 0 bridgehead atoms. The van der Waals surface area contributed by atoms with Crippen LogP contribution in [0.4, 0.5) is 0 Å². The summed E-state index contributed by atoms with van der Waals surface area (Å²) in [5.41, 5.74) is -0.678.